The monoisotopic (exact) mass is 424 g/mol. The van der Waals surface area contributed by atoms with Crippen LogP contribution in [0.5, 0.6) is 0 Å². The first-order valence-electron chi connectivity index (χ1n) is 5.88. The average Bonchev–Trinajstić information content (AvgIpc) is 2.47. The number of alkyl halides is 6. The first kappa shape index (κ1) is 21.8. The van der Waals surface area contributed by atoms with Crippen LogP contribution in [-0.2, 0) is 13.3 Å². The van der Waals surface area contributed by atoms with Crippen molar-refractivity contribution >= 4 is 78.4 Å². The molecule has 0 bridgehead atoms. The minimum Gasteiger partial charge on any atom is -0.372 e. The molecule has 0 N–H and O–H groups in total. The molecule has 3 atom stereocenters. The van der Waals surface area contributed by atoms with E-state index in [1.165, 1.54) is 0 Å². The topological polar surface area (TPSA) is 27.7 Å². The minimum atomic E-state index is -2.92. The molecule has 0 radical (unpaired) electrons. The quantitative estimate of drug-likeness (QED) is 0.346. The maximum Gasteiger partial charge on any atom is 0.497 e. The third-order valence-corrected chi connectivity index (χ3v) is 6.59. The normalized spacial score (nSPS) is 19.4. The molecule has 0 aromatic heterocycles. The fourth-order valence-electron chi connectivity index (χ4n) is 0.984. The van der Waals surface area contributed by atoms with Crippen LogP contribution >= 0.6 is 69.6 Å². The smallest absolute Gasteiger partial charge is 0.372 e. The zero-order valence-electron chi connectivity index (χ0n) is 11.0. The summed E-state index contributed by atoms with van der Waals surface area (Å²) >= 11 is 34.6. The second-order valence-electron chi connectivity index (χ2n) is 4.05. The largest absolute Gasteiger partial charge is 0.497 e. The fraction of sp³-hybridized carbons (Fsp3) is 1.00. The molecule has 0 heterocycles. The Bertz CT molecular complexity index is 215. The Kier molecular flexibility index (Phi) is 13.4. The second-order valence-corrected chi connectivity index (χ2v) is 9.42. The van der Waals surface area contributed by atoms with Crippen LogP contribution in [0.4, 0.5) is 0 Å². The molecule has 3 unspecified atom stereocenters. The van der Waals surface area contributed by atoms with Gasteiger partial charge in [-0.05, 0) is 0 Å². The van der Waals surface area contributed by atoms with Gasteiger partial charge in [0.2, 0.25) is 0 Å². The lowest BCUT2D eigenvalue weighted by Gasteiger charge is -2.28. The molecule has 10 heteroatoms. The number of hydrogen-bond acceptors (Lipinski definition) is 3. The van der Waals surface area contributed by atoms with Crippen molar-refractivity contribution in [3.8, 4) is 0 Å². The Labute approximate surface area is 151 Å². The molecule has 20 heavy (non-hydrogen) atoms. The highest BCUT2D eigenvalue weighted by Gasteiger charge is 2.37. The Hall–Kier alpha value is 1.84. The van der Waals surface area contributed by atoms with Gasteiger partial charge in [0.15, 0.2) is 0 Å². The molecular weight excluding hydrogens is 409 g/mol. The summed E-state index contributed by atoms with van der Waals surface area (Å²) in [7, 11) is -2.92. The van der Waals surface area contributed by atoms with Gasteiger partial charge in [-0.1, -0.05) is 0 Å². The SMILES string of the molecule is C[Si](OCC(Cl)CCl)(OCC(Cl)CCl)OCC(Cl)CCl. The van der Waals surface area contributed by atoms with Gasteiger partial charge in [-0.25, -0.2) is 0 Å². The predicted octanol–water partition coefficient (Wildman–Crippen LogP) is 4.14. The number of rotatable bonds is 12. The lowest BCUT2D eigenvalue weighted by atomic mass is 10.5. The van der Waals surface area contributed by atoms with Crippen LogP contribution < -0.4 is 0 Å². The van der Waals surface area contributed by atoms with Gasteiger partial charge in [0.1, 0.15) is 0 Å². The van der Waals surface area contributed by atoms with Crippen molar-refractivity contribution in [2.24, 2.45) is 0 Å². The Morgan fingerprint density at radius 2 is 0.950 bits per heavy atom. The molecule has 0 aliphatic rings. The van der Waals surface area contributed by atoms with Crippen molar-refractivity contribution in [2.45, 2.75) is 22.7 Å². The molecule has 0 aliphatic heterocycles. The van der Waals surface area contributed by atoms with Gasteiger partial charge in [-0.2, -0.15) is 0 Å². The molecular formula is C10H18Cl6O3Si. The van der Waals surface area contributed by atoms with E-state index in [0.29, 0.717) is 0 Å². The van der Waals surface area contributed by atoms with Gasteiger partial charge in [-0.15, -0.1) is 69.6 Å². The van der Waals surface area contributed by atoms with E-state index in [2.05, 4.69) is 0 Å². The maximum atomic E-state index is 5.91. The first-order chi connectivity index (χ1) is 9.36. The Balaban J connectivity index is 4.40. The van der Waals surface area contributed by atoms with Gasteiger partial charge < -0.3 is 13.3 Å². The second kappa shape index (κ2) is 12.3. The predicted molar refractivity (Wildman–Crippen MR) is 90.6 cm³/mol. The molecule has 0 aliphatic carbocycles. The summed E-state index contributed by atoms with van der Waals surface area (Å²) in [4.78, 5) is 0. The number of halogens is 6. The standard InChI is InChI=1S/C10H18Cl6O3Si/c1-20(17-5-8(14)2-11,18-6-9(15)3-12)19-7-10(16)4-13/h8-10H,2-7H2,1H3. The molecule has 0 amide bonds. The fourth-order valence-corrected chi connectivity index (χ4v) is 3.52. The van der Waals surface area contributed by atoms with E-state index < -0.39 is 8.80 Å². The third-order valence-electron chi connectivity index (χ3n) is 2.08. The Morgan fingerprint density at radius 1 is 0.700 bits per heavy atom. The lowest BCUT2D eigenvalue weighted by Crippen LogP contribution is -2.46. The highest BCUT2D eigenvalue weighted by atomic mass is 35.5. The van der Waals surface area contributed by atoms with Crippen LogP contribution in [0.15, 0.2) is 0 Å². The molecule has 0 spiro atoms. The average molecular weight is 427 g/mol. The van der Waals surface area contributed by atoms with Gasteiger partial charge in [0.25, 0.3) is 0 Å². The highest BCUT2D eigenvalue weighted by Crippen LogP contribution is 2.16. The maximum absolute atomic E-state index is 5.91. The highest BCUT2D eigenvalue weighted by molar-refractivity contribution is 6.59. The Morgan fingerprint density at radius 3 is 1.15 bits per heavy atom. The summed E-state index contributed by atoms with van der Waals surface area (Å²) in [5.74, 6) is 0.809. The summed E-state index contributed by atoms with van der Waals surface area (Å²) < 4.78 is 16.9. The van der Waals surface area contributed by atoms with Crippen LogP contribution in [0.25, 0.3) is 0 Å². The van der Waals surface area contributed by atoms with Gasteiger partial charge in [-0.3, -0.25) is 0 Å². The van der Waals surface area contributed by atoms with E-state index in [4.69, 9.17) is 82.9 Å². The van der Waals surface area contributed by atoms with Crippen molar-refractivity contribution < 1.29 is 13.3 Å². The van der Waals surface area contributed by atoms with E-state index in [1.54, 1.807) is 6.55 Å². The molecule has 3 nitrogen and oxygen atoms in total. The zero-order valence-corrected chi connectivity index (χ0v) is 16.5. The third kappa shape index (κ3) is 10.5. The van der Waals surface area contributed by atoms with Crippen molar-refractivity contribution in [3.63, 3.8) is 0 Å². The molecule has 0 aromatic rings. The molecule has 0 aromatic carbocycles. The molecule has 0 saturated carbocycles. The summed E-state index contributed by atoms with van der Waals surface area (Å²) in [6.07, 6.45) is 0. The van der Waals surface area contributed by atoms with E-state index >= 15 is 0 Å². The van der Waals surface area contributed by atoms with Crippen LogP contribution in [0.2, 0.25) is 6.55 Å². The van der Waals surface area contributed by atoms with Crippen LogP contribution in [-0.4, -0.2) is 62.4 Å². The summed E-state index contributed by atoms with van der Waals surface area (Å²) in [6.45, 7) is 2.39. The molecule has 0 fully saturated rings. The van der Waals surface area contributed by atoms with E-state index in [-0.39, 0.29) is 53.6 Å². The van der Waals surface area contributed by atoms with Gasteiger partial charge in [0.05, 0.1) is 36.0 Å². The molecule has 0 rings (SSSR count). The molecule has 0 saturated heterocycles. The van der Waals surface area contributed by atoms with Gasteiger partial charge in [0, 0.05) is 24.2 Å². The number of hydrogen-bond donors (Lipinski definition) is 0. The van der Waals surface area contributed by atoms with Crippen LogP contribution in [0.1, 0.15) is 0 Å². The lowest BCUT2D eigenvalue weighted by molar-refractivity contribution is 0.0682. The first-order valence-corrected chi connectivity index (χ1v) is 11.0. The van der Waals surface area contributed by atoms with Crippen molar-refractivity contribution in [3.05, 3.63) is 0 Å². The van der Waals surface area contributed by atoms with Gasteiger partial charge >= 0.3 is 8.80 Å². The summed E-state index contributed by atoms with van der Waals surface area (Å²) in [5, 5.41) is -0.971. The van der Waals surface area contributed by atoms with Crippen molar-refractivity contribution in [2.75, 3.05) is 37.5 Å². The minimum absolute atomic E-state index is 0.218. The van der Waals surface area contributed by atoms with Crippen LogP contribution in [0, 0.1) is 0 Å². The van der Waals surface area contributed by atoms with E-state index in [9.17, 15) is 0 Å². The summed E-state index contributed by atoms with van der Waals surface area (Å²) in [5.41, 5.74) is 0. The van der Waals surface area contributed by atoms with Crippen molar-refractivity contribution in [1.82, 2.24) is 0 Å². The van der Waals surface area contributed by atoms with Crippen molar-refractivity contribution in [1.29, 1.82) is 0 Å². The summed E-state index contributed by atoms with van der Waals surface area (Å²) in [6, 6.07) is 0. The zero-order chi connectivity index (χ0) is 15.6. The molecule has 122 valence electrons. The van der Waals surface area contributed by atoms with Crippen LogP contribution in [0.3, 0.4) is 0 Å². The van der Waals surface area contributed by atoms with E-state index in [0.717, 1.165) is 0 Å². The van der Waals surface area contributed by atoms with E-state index in [1.807, 2.05) is 0 Å².